The molecule has 0 fully saturated rings. The molecule has 1 aromatic heterocycles. The summed E-state index contributed by atoms with van der Waals surface area (Å²) in [6.45, 7) is -0.238. The van der Waals surface area contributed by atoms with Crippen LogP contribution in [0, 0.1) is 0 Å². The predicted molar refractivity (Wildman–Crippen MR) is 75.1 cm³/mol. The molecule has 0 bridgehead atoms. The number of hydrogen-bond donors (Lipinski definition) is 0. The van der Waals surface area contributed by atoms with Crippen molar-refractivity contribution in [2.24, 2.45) is 0 Å². The van der Waals surface area contributed by atoms with E-state index in [1.165, 1.54) is 17.4 Å². The molecule has 0 amide bonds. The summed E-state index contributed by atoms with van der Waals surface area (Å²) in [6, 6.07) is 12.5. The fourth-order valence-corrected chi connectivity index (χ4v) is 2.05. The van der Waals surface area contributed by atoms with Gasteiger partial charge in [0.1, 0.15) is 0 Å². The number of Topliss-reactive ketones (excluding diaryl/α,β-unsaturated/α-hetero) is 1. The van der Waals surface area contributed by atoms with Gasteiger partial charge < -0.3 is 4.74 Å². The van der Waals surface area contributed by atoms with Crippen molar-refractivity contribution >= 4 is 29.2 Å². The van der Waals surface area contributed by atoms with Crippen LogP contribution in [0.5, 0.6) is 0 Å². The number of ketones is 1. The highest BCUT2D eigenvalue weighted by Crippen LogP contribution is 2.10. The van der Waals surface area contributed by atoms with Gasteiger partial charge in [-0.2, -0.15) is 0 Å². The van der Waals surface area contributed by atoms with Crippen molar-refractivity contribution in [2.75, 3.05) is 6.61 Å². The Morgan fingerprint density at radius 1 is 1.11 bits per heavy atom. The van der Waals surface area contributed by atoms with Crippen LogP contribution in [0.1, 0.15) is 15.2 Å². The van der Waals surface area contributed by atoms with E-state index in [1.54, 1.807) is 30.3 Å². The number of carbonyl (C=O) groups is 2. The standard InChI is InChI=1S/C15H12O3S/c16-14(12-5-2-1-3-6-12)11-18-15(17)9-8-13-7-4-10-19-13/h1-10H,11H2/b9-8+. The molecule has 0 unspecified atom stereocenters. The minimum absolute atomic E-state index is 0.210. The lowest BCUT2D eigenvalue weighted by molar-refractivity contribution is -0.136. The molecule has 4 heteroatoms. The van der Waals surface area contributed by atoms with Gasteiger partial charge in [0.2, 0.25) is 0 Å². The molecule has 96 valence electrons. The summed E-state index contributed by atoms with van der Waals surface area (Å²) < 4.78 is 4.89. The Kier molecular flexibility index (Phi) is 4.64. The fraction of sp³-hybridized carbons (Fsp3) is 0.0667. The highest BCUT2D eigenvalue weighted by atomic mass is 32.1. The van der Waals surface area contributed by atoms with Crippen molar-refractivity contribution in [1.82, 2.24) is 0 Å². The van der Waals surface area contributed by atoms with E-state index in [4.69, 9.17) is 4.74 Å². The monoisotopic (exact) mass is 272 g/mol. The zero-order valence-corrected chi connectivity index (χ0v) is 10.9. The second-order valence-electron chi connectivity index (χ2n) is 3.75. The van der Waals surface area contributed by atoms with Crippen LogP contribution >= 0.6 is 11.3 Å². The number of thiophene rings is 1. The van der Waals surface area contributed by atoms with Crippen molar-refractivity contribution in [1.29, 1.82) is 0 Å². The van der Waals surface area contributed by atoms with E-state index < -0.39 is 5.97 Å². The fourth-order valence-electron chi connectivity index (χ4n) is 1.43. The molecule has 0 aliphatic carbocycles. The third-order valence-electron chi connectivity index (χ3n) is 2.37. The lowest BCUT2D eigenvalue weighted by Gasteiger charge is -2.01. The molecule has 0 spiro atoms. The molecule has 0 atom stereocenters. The van der Waals surface area contributed by atoms with Gasteiger partial charge >= 0.3 is 5.97 Å². The predicted octanol–water partition coefficient (Wildman–Crippen LogP) is 3.19. The lowest BCUT2D eigenvalue weighted by Crippen LogP contribution is -2.12. The first-order valence-corrected chi connectivity index (χ1v) is 6.60. The quantitative estimate of drug-likeness (QED) is 0.477. The summed E-state index contributed by atoms with van der Waals surface area (Å²) in [4.78, 5) is 24.1. The van der Waals surface area contributed by atoms with Crippen LogP contribution in [0.25, 0.3) is 6.08 Å². The summed E-state index contributed by atoms with van der Waals surface area (Å²) in [5.74, 6) is -0.726. The van der Waals surface area contributed by atoms with E-state index in [2.05, 4.69) is 0 Å². The Bertz CT molecular complexity index is 571. The number of hydrogen-bond acceptors (Lipinski definition) is 4. The SMILES string of the molecule is O=C(/C=C/c1cccs1)OCC(=O)c1ccccc1. The maximum absolute atomic E-state index is 11.7. The van der Waals surface area contributed by atoms with Gasteiger partial charge in [-0.3, -0.25) is 4.79 Å². The van der Waals surface area contributed by atoms with Crippen molar-refractivity contribution in [3.8, 4) is 0 Å². The third-order valence-corrected chi connectivity index (χ3v) is 3.21. The summed E-state index contributed by atoms with van der Waals surface area (Å²) in [5.41, 5.74) is 0.539. The third kappa shape index (κ3) is 4.19. The van der Waals surface area contributed by atoms with Crippen LogP contribution in [0.2, 0.25) is 0 Å². The smallest absolute Gasteiger partial charge is 0.331 e. The van der Waals surface area contributed by atoms with Crippen LogP contribution in [0.4, 0.5) is 0 Å². The molecule has 0 N–H and O–H groups in total. The zero-order chi connectivity index (χ0) is 13.5. The summed E-state index contributed by atoms with van der Waals surface area (Å²) in [6.07, 6.45) is 2.99. The van der Waals surface area contributed by atoms with E-state index in [-0.39, 0.29) is 12.4 Å². The summed E-state index contributed by atoms with van der Waals surface area (Å²) >= 11 is 1.52. The number of ether oxygens (including phenoxy) is 1. The first-order valence-electron chi connectivity index (χ1n) is 5.72. The minimum atomic E-state index is -0.516. The molecule has 0 aliphatic rings. The molecule has 2 rings (SSSR count). The second kappa shape index (κ2) is 6.66. The Morgan fingerprint density at radius 2 is 1.89 bits per heavy atom. The summed E-state index contributed by atoms with van der Waals surface area (Å²) in [7, 11) is 0. The molecule has 0 saturated heterocycles. The molecular weight excluding hydrogens is 260 g/mol. The van der Waals surface area contributed by atoms with E-state index in [0.717, 1.165) is 4.88 Å². The molecule has 0 saturated carbocycles. The van der Waals surface area contributed by atoms with Crippen molar-refractivity contribution in [3.63, 3.8) is 0 Å². The Hall–Kier alpha value is -2.20. The molecule has 19 heavy (non-hydrogen) atoms. The molecule has 1 heterocycles. The second-order valence-corrected chi connectivity index (χ2v) is 4.72. The molecule has 0 aliphatic heterocycles. The van der Waals surface area contributed by atoms with Crippen LogP contribution in [-0.4, -0.2) is 18.4 Å². The number of esters is 1. The molecular formula is C15H12O3S. The van der Waals surface area contributed by atoms with Crippen LogP contribution in [-0.2, 0) is 9.53 Å². The zero-order valence-electron chi connectivity index (χ0n) is 10.1. The van der Waals surface area contributed by atoms with E-state index in [0.29, 0.717) is 5.56 Å². The molecule has 1 aromatic carbocycles. The van der Waals surface area contributed by atoms with Crippen LogP contribution in [0.3, 0.4) is 0 Å². The maximum Gasteiger partial charge on any atom is 0.331 e. The van der Waals surface area contributed by atoms with Gasteiger partial charge in [0.05, 0.1) is 0 Å². The highest BCUT2D eigenvalue weighted by molar-refractivity contribution is 7.10. The van der Waals surface area contributed by atoms with E-state index >= 15 is 0 Å². The van der Waals surface area contributed by atoms with E-state index in [9.17, 15) is 9.59 Å². The Balaban J connectivity index is 1.82. The van der Waals surface area contributed by atoms with Gasteiger partial charge in [-0.25, -0.2) is 4.79 Å². The normalized spacial score (nSPS) is 10.5. The number of carbonyl (C=O) groups excluding carboxylic acids is 2. The number of rotatable bonds is 5. The van der Waals surface area contributed by atoms with Crippen LogP contribution in [0.15, 0.2) is 53.9 Å². The largest absolute Gasteiger partial charge is 0.454 e. The molecule has 3 nitrogen and oxygen atoms in total. The molecule has 2 aromatic rings. The summed E-state index contributed by atoms with van der Waals surface area (Å²) in [5, 5.41) is 1.92. The van der Waals surface area contributed by atoms with Gasteiger partial charge in [0.25, 0.3) is 0 Å². The van der Waals surface area contributed by atoms with Gasteiger partial charge in [-0.05, 0) is 17.5 Å². The van der Waals surface area contributed by atoms with Crippen LogP contribution < -0.4 is 0 Å². The average Bonchev–Trinajstić information content (AvgIpc) is 2.96. The van der Waals surface area contributed by atoms with Gasteiger partial charge in [-0.1, -0.05) is 36.4 Å². The number of benzene rings is 1. The van der Waals surface area contributed by atoms with Crippen molar-refractivity contribution in [2.45, 2.75) is 0 Å². The first-order chi connectivity index (χ1) is 9.25. The topological polar surface area (TPSA) is 43.4 Å². The first kappa shape index (κ1) is 13.2. The van der Waals surface area contributed by atoms with Gasteiger partial charge in [0.15, 0.2) is 12.4 Å². The van der Waals surface area contributed by atoms with Crippen molar-refractivity contribution in [3.05, 3.63) is 64.4 Å². The average molecular weight is 272 g/mol. The molecule has 0 radical (unpaired) electrons. The Morgan fingerprint density at radius 3 is 2.58 bits per heavy atom. The minimum Gasteiger partial charge on any atom is -0.454 e. The maximum atomic E-state index is 11.7. The highest BCUT2D eigenvalue weighted by Gasteiger charge is 2.07. The lowest BCUT2D eigenvalue weighted by atomic mass is 10.1. The van der Waals surface area contributed by atoms with Gasteiger partial charge in [0, 0.05) is 16.5 Å². The van der Waals surface area contributed by atoms with Gasteiger partial charge in [-0.15, -0.1) is 11.3 Å². The Labute approximate surface area is 115 Å². The van der Waals surface area contributed by atoms with Crippen molar-refractivity contribution < 1.29 is 14.3 Å². The van der Waals surface area contributed by atoms with E-state index in [1.807, 2.05) is 23.6 Å².